The van der Waals surface area contributed by atoms with Crippen LogP contribution in [0.3, 0.4) is 0 Å². The van der Waals surface area contributed by atoms with Gasteiger partial charge in [-0.3, -0.25) is 14.3 Å². The molecular formula is C24H30N6O2S. The van der Waals surface area contributed by atoms with Gasteiger partial charge in [0.15, 0.2) is 5.69 Å². The molecule has 9 heteroatoms. The van der Waals surface area contributed by atoms with Gasteiger partial charge in [0.05, 0.1) is 18.3 Å². The van der Waals surface area contributed by atoms with Gasteiger partial charge in [0.1, 0.15) is 5.01 Å². The Morgan fingerprint density at radius 1 is 1.18 bits per heavy atom. The second kappa shape index (κ2) is 10.7. The van der Waals surface area contributed by atoms with Gasteiger partial charge in [-0.1, -0.05) is 35.5 Å². The zero-order valence-corrected chi connectivity index (χ0v) is 20.0. The zero-order chi connectivity index (χ0) is 23.2. The zero-order valence-electron chi connectivity index (χ0n) is 19.2. The predicted molar refractivity (Wildman–Crippen MR) is 128 cm³/mol. The molecule has 0 spiro atoms. The van der Waals surface area contributed by atoms with Crippen LogP contribution >= 0.6 is 11.3 Å². The minimum absolute atomic E-state index is 0.0927. The van der Waals surface area contributed by atoms with E-state index < -0.39 is 0 Å². The average molecular weight is 467 g/mol. The fourth-order valence-corrected chi connectivity index (χ4v) is 5.06. The molecule has 1 aromatic carbocycles. The van der Waals surface area contributed by atoms with Gasteiger partial charge in [-0.15, -0.1) is 16.4 Å². The third-order valence-electron chi connectivity index (χ3n) is 6.03. The van der Waals surface area contributed by atoms with Crippen molar-refractivity contribution < 1.29 is 9.59 Å². The van der Waals surface area contributed by atoms with Crippen LogP contribution < -0.4 is 0 Å². The highest BCUT2D eigenvalue weighted by Crippen LogP contribution is 2.24. The molecule has 0 bridgehead atoms. The Morgan fingerprint density at radius 2 is 1.97 bits per heavy atom. The molecule has 0 N–H and O–H groups in total. The number of likely N-dealkylation sites (tertiary alicyclic amines) is 1. The van der Waals surface area contributed by atoms with Gasteiger partial charge in [-0.2, -0.15) is 0 Å². The van der Waals surface area contributed by atoms with Crippen LogP contribution in [-0.4, -0.2) is 67.8 Å². The Morgan fingerprint density at radius 3 is 2.73 bits per heavy atom. The summed E-state index contributed by atoms with van der Waals surface area (Å²) in [5.74, 6) is 0.307. The van der Waals surface area contributed by atoms with E-state index in [-0.39, 0.29) is 17.7 Å². The van der Waals surface area contributed by atoms with Crippen molar-refractivity contribution in [3.05, 3.63) is 53.3 Å². The molecule has 3 heterocycles. The largest absolute Gasteiger partial charge is 0.342 e. The molecule has 1 saturated heterocycles. The molecule has 174 valence electrons. The fourth-order valence-electron chi connectivity index (χ4n) is 4.23. The second-order valence-electron chi connectivity index (χ2n) is 8.34. The van der Waals surface area contributed by atoms with E-state index in [1.54, 1.807) is 27.1 Å². The van der Waals surface area contributed by atoms with Crippen molar-refractivity contribution >= 4 is 23.2 Å². The predicted octanol–water partition coefficient (Wildman–Crippen LogP) is 3.36. The molecule has 33 heavy (non-hydrogen) atoms. The van der Waals surface area contributed by atoms with Crippen LogP contribution in [0.1, 0.15) is 42.9 Å². The maximum atomic E-state index is 13.0. The monoisotopic (exact) mass is 466 g/mol. The lowest BCUT2D eigenvalue weighted by Gasteiger charge is -2.32. The van der Waals surface area contributed by atoms with Crippen LogP contribution in [0, 0.1) is 5.92 Å². The number of carbonyl (C=O) groups excluding carboxylic acids is 2. The summed E-state index contributed by atoms with van der Waals surface area (Å²) < 4.78 is 1.74. The number of nitrogens with zero attached hydrogens (tertiary/aromatic N) is 6. The van der Waals surface area contributed by atoms with E-state index in [1.165, 1.54) is 0 Å². The van der Waals surface area contributed by atoms with Gasteiger partial charge >= 0.3 is 0 Å². The van der Waals surface area contributed by atoms with Crippen LogP contribution in [0.5, 0.6) is 0 Å². The molecule has 1 unspecified atom stereocenters. The van der Waals surface area contributed by atoms with E-state index in [1.807, 2.05) is 54.5 Å². The fraction of sp³-hybridized carbons (Fsp3) is 0.458. The summed E-state index contributed by atoms with van der Waals surface area (Å²) >= 11 is 1.57. The molecule has 0 radical (unpaired) electrons. The summed E-state index contributed by atoms with van der Waals surface area (Å²) in [5.41, 5.74) is 2.27. The SMILES string of the molecule is CCN(CC)C(=O)c1cn(CC2CCCN(C(=O)Cc3csc(-c4ccccc4)n3)C2)nn1. The molecule has 4 rings (SSSR count). The number of carbonyl (C=O) groups is 2. The highest BCUT2D eigenvalue weighted by atomic mass is 32.1. The molecule has 2 aromatic heterocycles. The lowest BCUT2D eigenvalue weighted by atomic mass is 9.97. The molecule has 8 nitrogen and oxygen atoms in total. The van der Waals surface area contributed by atoms with Crippen LogP contribution in [0.15, 0.2) is 41.9 Å². The molecule has 3 aromatic rings. The van der Waals surface area contributed by atoms with Crippen LogP contribution in [0.4, 0.5) is 0 Å². The number of piperidine rings is 1. The van der Waals surface area contributed by atoms with Gasteiger partial charge in [0, 0.05) is 43.7 Å². The van der Waals surface area contributed by atoms with Crippen LogP contribution in [0.25, 0.3) is 10.6 Å². The normalized spacial score (nSPS) is 16.1. The minimum atomic E-state index is -0.0927. The van der Waals surface area contributed by atoms with E-state index in [2.05, 4.69) is 15.3 Å². The third-order valence-corrected chi connectivity index (χ3v) is 6.97. The molecule has 1 aliphatic heterocycles. The van der Waals surface area contributed by atoms with Crippen molar-refractivity contribution in [1.29, 1.82) is 0 Å². The summed E-state index contributed by atoms with van der Waals surface area (Å²) in [6.07, 6.45) is 4.03. The van der Waals surface area contributed by atoms with E-state index in [4.69, 9.17) is 0 Å². The number of hydrogen-bond acceptors (Lipinski definition) is 6. The van der Waals surface area contributed by atoms with Crippen molar-refractivity contribution in [2.45, 2.75) is 39.7 Å². The average Bonchev–Trinajstić information content (AvgIpc) is 3.50. The standard InChI is InChI=1S/C24H30N6O2S/c1-3-28(4-2)24(32)21-16-30(27-26-21)15-18-9-8-12-29(14-18)22(31)13-20-17-33-23(25-20)19-10-6-5-7-11-19/h5-7,10-11,16-18H,3-4,8-9,12-15H2,1-2H3. The van der Waals surface area contributed by atoms with Crippen molar-refractivity contribution in [2.24, 2.45) is 5.92 Å². The molecule has 1 fully saturated rings. The molecule has 2 amide bonds. The Bertz CT molecular complexity index is 1080. The van der Waals surface area contributed by atoms with Crippen molar-refractivity contribution in [3.63, 3.8) is 0 Å². The van der Waals surface area contributed by atoms with Crippen molar-refractivity contribution in [3.8, 4) is 10.6 Å². The Hall–Kier alpha value is -3.07. The Kier molecular flexibility index (Phi) is 7.49. The first-order chi connectivity index (χ1) is 16.1. The smallest absolute Gasteiger partial charge is 0.276 e. The molecular weight excluding hydrogens is 436 g/mol. The number of thiazole rings is 1. The molecule has 0 saturated carbocycles. The van der Waals surface area contributed by atoms with E-state index in [0.717, 1.165) is 35.7 Å². The first-order valence-corrected chi connectivity index (χ1v) is 12.4. The molecule has 0 aliphatic carbocycles. The summed E-state index contributed by atoms with van der Waals surface area (Å²) in [6, 6.07) is 10.0. The minimum Gasteiger partial charge on any atom is -0.342 e. The van der Waals surface area contributed by atoms with Gasteiger partial charge < -0.3 is 9.80 Å². The van der Waals surface area contributed by atoms with E-state index in [9.17, 15) is 9.59 Å². The summed E-state index contributed by atoms with van der Waals surface area (Å²) in [7, 11) is 0. The third kappa shape index (κ3) is 5.65. The Labute approximate surface area is 198 Å². The quantitative estimate of drug-likeness (QED) is 0.508. The van der Waals surface area contributed by atoms with Gasteiger partial charge in [0.25, 0.3) is 5.91 Å². The maximum absolute atomic E-state index is 13.0. The summed E-state index contributed by atoms with van der Waals surface area (Å²) in [4.78, 5) is 33.8. The van der Waals surface area contributed by atoms with Crippen molar-refractivity contribution in [1.82, 2.24) is 29.8 Å². The first kappa shape index (κ1) is 23.1. The van der Waals surface area contributed by atoms with Crippen LogP contribution in [-0.2, 0) is 17.8 Å². The van der Waals surface area contributed by atoms with Crippen LogP contribution in [0.2, 0.25) is 0 Å². The summed E-state index contributed by atoms with van der Waals surface area (Å²) in [5, 5.41) is 11.1. The van der Waals surface area contributed by atoms with Gasteiger partial charge in [-0.25, -0.2) is 4.98 Å². The summed E-state index contributed by atoms with van der Waals surface area (Å²) in [6.45, 7) is 7.31. The first-order valence-electron chi connectivity index (χ1n) is 11.5. The number of benzene rings is 1. The van der Waals surface area contributed by atoms with E-state index in [0.29, 0.717) is 38.3 Å². The van der Waals surface area contributed by atoms with E-state index >= 15 is 0 Å². The van der Waals surface area contributed by atoms with Crippen molar-refractivity contribution in [2.75, 3.05) is 26.2 Å². The highest BCUT2D eigenvalue weighted by Gasteiger charge is 2.25. The number of amides is 2. The lowest BCUT2D eigenvalue weighted by molar-refractivity contribution is -0.132. The maximum Gasteiger partial charge on any atom is 0.276 e. The number of aromatic nitrogens is 4. The number of rotatable bonds is 8. The van der Waals surface area contributed by atoms with Gasteiger partial charge in [0.2, 0.25) is 5.91 Å². The highest BCUT2D eigenvalue weighted by molar-refractivity contribution is 7.13. The van der Waals surface area contributed by atoms with Gasteiger partial charge in [-0.05, 0) is 32.6 Å². The molecule has 1 atom stereocenters. The second-order valence-corrected chi connectivity index (χ2v) is 9.20. The Balaban J connectivity index is 1.33. The molecule has 1 aliphatic rings. The topological polar surface area (TPSA) is 84.2 Å². The lowest BCUT2D eigenvalue weighted by Crippen LogP contribution is -2.41. The number of hydrogen-bond donors (Lipinski definition) is 0.